The Kier molecular flexibility index (Phi) is 9.16. The number of nitrogens with two attached hydrogens (primary N) is 1. The Morgan fingerprint density at radius 3 is 2.37 bits per heavy atom. The van der Waals surface area contributed by atoms with E-state index in [4.69, 9.17) is 11.1 Å². The number of carbonyl (C=O) groups is 1. The third-order valence-electron chi connectivity index (χ3n) is 2.67. The number of carboxylic acid groups (broad SMARTS) is 1. The Balaban J connectivity index is 4.22. The highest BCUT2D eigenvalue weighted by Gasteiger charge is 2.23. The molecule has 0 bridgehead atoms. The van der Waals surface area contributed by atoms with Crippen molar-refractivity contribution in [3.63, 3.8) is 0 Å². The normalized spacial score (nSPS) is 11.8. The molecule has 19 heavy (non-hydrogen) atoms. The summed E-state index contributed by atoms with van der Waals surface area (Å²) in [7, 11) is 0. The third kappa shape index (κ3) is 7.99. The zero-order valence-corrected chi connectivity index (χ0v) is 11.3. The van der Waals surface area contributed by atoms with Crippen LogP contribution < -0.4 is 11.1 Å². The first-order valence-corrected chi connectivity index (χ1v) is 6.29. The fraction of sp³-hybridized carbons (Fsp3) is 0.538. The molecule has 0 heterocycles. The van der Waals surface area contributed by atoms with Crippen molar-refractivity contribution in [2.75, 3.05) is 19.6 Å². The number of hydrogen-bond donors (Lipinski definition) is 4. The maximum absolute atomic E-state index is 11.3. The predicted molar refractivity (Wildman–Crippen MR) is 77.2 cm³/mol. The van der Waals surface area contributed by atoms with E-state index in [1.165, 1.54) is 0 Å². The number of rotatable bonds is 11. The van der Waals surface area contributed by atoms with E-state index in [1.807, 2.05) is 4.90 Å². The molecule has 0 fully saturated rings. The monoisotopic (exact) mass is 268 g/mol. The molecule has 0 radical (unpaired) electrons. The first kappa shape index (κ1) is 17.2. The van der Waals surface area contributed by atoms with Crippen molar-refractivity contribution in [3.05, 3.63) is 25.3 Å². The quantitative estimate of drug-likeness (QED) is 0.192. The van der Waals surface area contributed by atoms with Gasteiger partial charge in [0.2, 0.25) is 0 Å². The molecular weight excluding hydrogens is 244 g/mol. The molecule has 6 nitrogen and oxygen atoms in total. The summed E-state index contributed by atoms with van der Waals surface area (Å²) < 4.78 is 0. The van der Waals surface area contributed by atoms with Gasteiger partial charge < -0.3 is 16.2 Å². The van der Waals surface area contributed by atoms with Crippen molar-refractivity contribution in [3.8, 4) is 0 Å². The Morgan fingerprint density at radius 1 is 1.37 bits per heavy atom. The molecule has 108 valence electrons. The van der Waals surface area contributed by atoms with E-state index in [1.54, 1.807) is 12.2 Å². The Hall–Kier alpha value is -1.82. The minimum absolute atomic E-state index is 0.0604. The molecule has 0 rings (SSSR count). The van der Waals surface area contributed by atoms with Crippen LogP contribution in [0.3, 0.4) is 0 Å². The fourth-order valence-corrected chi connectivity index (χ4v) is 1.81. The number of unbranched alkanes of at least 4 members (excludes halogenated alkanes) is 1. The van der Waals surface area contributed by atoms with E-state index in [0.29, 0.717) is 26.1 Å². The van der Waals surface area contributed by atoms with Crippen LogP contribution in [-0.4, -0.2) is 47.6 Å². The summed E-state index contributed by atoms with van der Waals surface area (Å²) in [5, 5.41) is 19.0. The summed E-state index contributed by atoms with van der Waals surface area (Å²) in [6, 6.07) is -0.534. The van der Waals surface area contributed by atoms with Crippen molar-refractivity contribution in [1.82, 2.24) is 10.2 Å². The van der Waals surface area contributed by atoms with Gasteiger partial charge in [-0.25, -0.2) is 0 Å². The van der Waals surface area contributed by atoms with Crippen LogP contribution in [0.25, 0.3) is 0 Å². The largest absolute Gasteiger partial charge is 0.480 e. The molecule has 0 aliphatic carbocycles. The minimum Gasteiger partial charge on any atom is -0.480 e. The molecule has 0 aromatic heterocycles. The van der Waals surface area contributed by atoms with Crippen LogP contribution in [-0.2, 0) is 4.79 Å². The molecule has 0 spiro atoms. The number of guanidine groups is 1. The molecule has 5 N–H and O–H groups in total. The van der Waals surface area contributed by atoms with Crippen molar-refractivity contribution >= 4 is 11.9 Å². The van der Waals surface area contributed by atoms with Crippen LogP contribution in [0, 0.1) is 5.41 Å². The molecule has 0 unspecified atom stereocenters. The van der Waals surface area contributed by atoms with Gasteiger partial charge in [-0.05, 0) is 19.3 Å². The molecule has 0 aliphatic rings. The third-order valence-corrected chi connectivity index (χ3v) is 2.67. The maximum atomic E-state index is 11.3. The van der Waals surface area contributed by atoms with Gasteiger partial charge in [-0.1, -0.05) is 12.2 Å². The van der Waals surface area contributed by atoms with Gasteiger partial charge in [0.1, 0.15) is 6.04 Å². The lowest BCUT2D eigenvalue weighted by molar-refractivity contribution is -0.143. The van der Waals surface area contributed by atoms with E-state index in [-0.39, 0.29) is 5.96 Å². The number of hydrogen-bond acceptors (Lipinski definition) is 3. The topological polar surface area (TPSA) is 102 Å². The van der Waals surface area contributed by atoms with Gasteiger partial charge in [-0.15, -0.1) is 13.2 Å². The average molecular weight is 268 g/mol. The van der Waals surface area contributed by atoms with Gasteiger partial charge >= 0.3 is 5.97 Å². The van der Waals surface area contributed by atoms with Crippen LogP contribution in [0.2, 0.25) is 0 Å². The maximum Gasteiger partial charge on any atom is 0.320 e. The van der Waals surface area contributed by atoms with Crippen LogP contribution in [0.1, 0.15) is 19.3 Å². The smallest absolute Gasteiger partial charge is 0.320 e. The second-order valence-electron chi connectivity index (χ2n) is 4.22. The summed E-state index contributed by atoms with van der Waals surface area (Å²) in [4.78, 5) is 13.1. The molecule has 1 atom stereocenters. The second kappa shape index (κ2) is 10.1. The van der Waals surface area contributed by atoms with E-state index < -0.39 is 12.0 Å². The number of nitrogens with zero attached hydrogens (tertiary/aromatic N) is 1. The summed E-state index contributed by atoms with van der Waals surface area (Å²) in [6.45, 7) is 8.91. The minimum atomic E-state index is -0.830. The van der Waals surface area contributed by atoms with Gasteiger partial charge in [0.15, 0.2) is 5.96 Å². The van der Waals surface area contributed by atoms with Crippen LogP contribution in [0.5, 0.6) is 0 Å². The van der Waals surface area contributed by atoms with E-state index in [9.17, 15) is 9.90 Å². The zero-order valence-electron chi connectivity index (χ0n) is 11.3. The predicted octanol–water partition coefficient (Wildman–Crippen LogP) is 0.767. The summed E-state index contributed by atoms with van der Waals surface area (Å²) in [5.41, 5.74) is 5.16. The first-order chi connectivity index (χ1) is 9.02. The summed E-state index contributed by atoms with van der Waals surface area (Å²) >= 11 is 0. The molecule has 6 heteroatoms. The number of aliphatic carboxylic acids is 1. The van der Waals surface area contributed by atoms with Gasteiger partial charge in [-0.3, -0.25) is 15.1 Å². The van der Waals surface area contributed by atoms with E-state index in [2.05, 4.69) is 18.5 Å². The highest BCUT2D eigenvalue weighted by molar-refractivity contribution is 5.74. The molecular formula is C13H24N4O2. The lowest BCUT2D eigenvalue weighted by atomic mass is 10.1. The molecule has 0 aromatic carbocycles. The van der Waals surface area contributed by atoms with Crippen LogP contribution in [0.15, 0.2) is 25.3 Å². The summed E-state index contributed by atoms with van der Waals surface area (Å²) in [6.07, 6.45) is 5.46. The average Bonchev–Trinajstić information content (AvgIpc) is 2.32. The van der Waals surface area contributed by atoms with Crippen molar-refractivity contribution in [2.45, 2.75) is 25.3 Å². The van der Waals surface area contributed by atoms with Crippen molar-refractivity contribution < 1.29 is 9.90 Å². The van der Waals surface area contributed by atoms with Gasteiger partial charge in [0, 0.05) is 19.6 Å². The van der Waals surface area contributed by atoms with Gasteiger partial charge in [0.05, 0.1) is 0 Å². The SMILES string of the molecule is C=CCN(CC=C)[C@H](CCCCNC(=N)N)C(=O)O. The molecule has 0 aromatic rings. The van der Waals surface area contributed by atoms with Crippen LogP contribution >= 0.6 is 0 Å². The highest BCUT2D eigenvalue weighted by Crippen LogP contribution is 2.09. The molecule has 0 saturated carbocycles. The number of nitrogens with one attached hydrogen (secondary N) is 2. The zero-order chi connectivity index (χ0) is 14.7. The lowest BCUT2D eigenvalue weighted by Crippen LogP contribution is -2.41. The van der Waals surface area contributed by atoms with Gasteiger partial charge in [-0.2, -0.15) is 0 Å². The van der Waals surface area contributed by atoms with E-state index >= 15 is 0 Å². The first-order valence-electron chi connectivity index (χ1n) is 6.29. The van der Waals surface area contributed by atoms with Gasteiger partial charge in [0.25, 0.3) is 0 Å². The lowest BCUT2D eigenvalue weighted by Gasteiger charge is -2.26. The molecule has 0 saturated heterocycles. The molecule has 0 aliphatic heterocycles. The fourth-order valence-electron chi connectivity index (χ4n) is 1.81. The Labute approximate surface area is 114 Å². The Morgan fingerprint density at radius 2 is 1.95 bits per heavy atom. The van der Waals surface area contributed by atoms with Crippen molar-refractivity contribution in [2.24, 2.45) is 5.73 Å². The Bertz CT molecular complexity index is 308. The van der Waals surface area contributed by atoms with Crippen LogP contribution in [0.4, 0.5) is 0 Å². The molecule has 0 amide bonds. The number of carboxylic acids is 1. The highest BCUT2D eigenvalue weighted by atomic mass is 16.4. The van der Waals surface area contributed by atoms with Crippen molar-refractivity contribution in [1.29, 1.82) is 5.41 Å². The standard InChI is InChI=1S/C13H24N4O2/c1-3-9-17(10-4-2)11(12(18)19)7-5-6-8-16-13(14)15/h3-4,11H,1-2,5-10H2,(H,18,19)(H4,14,15,16)/t11-/m1/s1. The van der Waals surface area contributed by atoms with E-state index in [0.717, 1.165) is 12.8 Å². The second-order valence-corrected chi connectivity index (χ2v) is 4.22. The summed E-state index contributed by atoms with van der Waals surface area (Å²) in [5.74, 6) is -0.891.